The fourth-order valence-electron chi connectivity index (χ4n) is 7.79. The van der Waals surface area contributed by atoms with Gasteiger partial charge in [-0.2, -0.15) is 0 Å². The Kier molecular flexibility index (Phi) is 8.04. The summed E-state index contributed by atoms with van der Waals surface area (Å²) in [5.41, 5.74) is 14.5. The van der Waals surface area contributed by atoms with Crippen molar-refractivity contribution in [2.75, 3.05) is 0 Å². The van der Waals surface area contributed by atoms with Crippen LogP contribution in [0.15, 0.2) is 194 Å². The second-order valence-electron chi connectivity index (χ2n) is 14.4. The molecule has 6 heteroatoms. The molecule has 0 saturated heterocycles. The Hall–Kier alpha value is -7.96. The van der Waals surface area contributed by atoms with Crippen molar-refractivity contribution in [1.82, 2.24) is 29.9 Å². The maximum Gasteiger partial charge on any atom is 0.179 e. The highest BCUT2D eigenvalue weighted by Gasteiger charge is 2.14. The third-order valence-electron chi connectivity index (χ3n) is 10.8. The Morgan fingerprint density at radius 2 is 0.810 bits per heavy atom. The number of hydrogen-bond acceptors (Lipinski definition) is 6. The summed E-state index contributed by atoms with van der Waals surface area (Å²) in [4.78, 5) is 29.6. The summed E-state index contributed by atoms with van der Waals surface area (Å²) < 4.78 is 0. The lowest BCUT2D eigenvalue weighted by Gasteiger charge is -2.11. The largest absolute Gasteiger partial charge is 0.254 e. The summed E-state index contributed by atoms with van der Waals surface area (Å²) in [5, 5.41) is 4.28. The lowest BCUT2D eigenvalue weighted by Crippen LogP contribution is -1.97. The molecule has 11 rings (SSSR count). The molecule has 0 N–H and O–H groups in total. The molecular weight excluding hydrogens is 709 g/mol. The minimum atomic E-state index is 0.586. The molecule has 11 aromatic rings. The number of fused-ring (bicyclic) bond motifs is 5. The van der Waals surface area contributed by atoms with Gasteiger partial charge in [-0.25, -0.2) is 19.9 Å². The van der Waals surface area contributed by atoms with Crippen LogP contribution in [0.4, 0.5) is 0 Å². The van der Waals surface area contributed by atoms with Gasteiger partial charge in [0.2, 0.25) is 0 Å². The summed E-state index contributed by atoms with van der Waals surface area (Å²) in [6.45, 7) is 0. The van der Waals surface area contributed by atoms with Crippen molar-refractivity contribution in [3.63, 3.8) is 0 Å². The zero-order chi connectivity index (χ0) is 38.4. The van der Waals surface area contributed by atoms with Crippen LogP contribution in [0.3, 0.4) is 0 Å². The van der Waals surface area contributed by atoms with Crippen LogP contribution in [-0.2, 0) is 0 Å². The Labute approximate surface area is 334 Å². The van der Waals surface area contributed by atoms with Gasteiger partial charge in [-0.15, -0.1) is 0 Å². The van der Waals surface area contributed by atoms with Gasteiger partial charge in [-0.1, -0.05) is 133 Å². The van der Waals surface area contributed by atoms with Gasteiger partial charge in [0.05, 0.1) is 39.1 Å². The highest BCUT2D eigenvalue weighted by atomic mass is 14.9. The second kappa shape index (κ2) is 14.0. The number of nitrogens with zero attached hydrogens (tertiary/aromatic N) is 6. The van der Waals surface area contributed by atoms with Crippen LogP contribution in [0.5, 0.6) is 0 Å². The lowest BCUT2D eigenvalue weighted by molar-refractivity contribution is 1.16. The van der Waals surface area contributed by atoms with E-state index >= 15 is 0 Å². The number of benzene rings is 6. The first kappa shape index (κ1) is 33.4. The van der Waals surface area contributed by atoms with Crippen LogP contribution in [0.2, 0.25) is 0 Å². The molecule has 0 atom stereocenters. The van der Waals surface area contributed by atoms with Crippen molar-refractivity contribution in [3.05, 3.63) is 194 Å². The van der Waals surface area contributed by atoms with E-state index < -0.39 is 0 Å². The van der Waals surface area contributed by atoms with Crippen molar-refractivity contribution < 1.29 is 0 Å². The monoisotopic (exact) mass is 740 g/mol. The number of aromatic nitrogens is 6. The summed E-state index contributed by atoms with van der Waals surface area (Å²) >= 11 is 0. The molecule has 6 aromatic carbocycles. The van der Waals surface area contributed by atoms with Gasteiger partial charge in [-0.3, -0.25) is 9.97 Å². The molecule has 0 aliphatic rings. The minimum Gasteiger partial charge on any atom is -0.254 e. The van der Waals surface area contributed by atoms with E-state index in [0.29, 0.717) is 5.82 Å². The van der Waals surface area contributed by atoms with Crippen LogP contribution in [0, 0.1) is 0 Å². The predicted molar refractivity (Wildman–Crippen MR) is 236 cm³/mol. The summed E-state index contributed by atoms with van der Waals surface area (Å²) in [5.74, 6) is 0.586. The fraction of sp³-hybridized carbons (Fsp3) is 0. The first-order chi connectivity index (χ1) is 28.7. The Morgan fingerprint density at radius 3 is 1.47 bits per heavy atom. The van der Waals surface area contributed by atoms with E-state index in [0.717, 1.165) is 105 Å². The third kappa shape index (κ3) is 6.10. The number of hydrogen-bond donors (Lipinski definition) is 0. The van der Waals surface area contributed by atoms with Crippen molar-refractivity contribution in [2.45, 2.75) is 0 Å². The fourth-order valence-corrected chi connectivity index (χ4v) is 7.79. The van der Waals surface area contributed by atoms with Gasteiger partial charge >= 0.3 is 0 Å². The molecule has 0 unspecified atom stereocenters. The Bertz CT molecular complexity index is 3270. The van der Waals surface area contributed by atoms with E-state index in [1.165, 1.54) is 0 Å². The molecule has 5 heterocycles. The average Bonchev–Trinajstić information content (AvgIpc) is 3.31. The van der Waals surface area contributed by atoms with Gasteiger partial charge in [0.1, 0.15) is 5.69 Å². The van der Waals surface area contributed by atoms with E-state index in [9.17, 15) is 0 Å². The van der Waals surface area contributed by atoms with Crippen LogP contribution in [0.25, 0.3) is 111 Å². The lowest BCUT2D eigenvalue weighted by atomic mass is 9.96. The molecule has 58 heavy (non-hydrogen) atoms. The molecule has 0 saturated carbocycles. The molecule has 0 bridgehead atoms. The Balaban J connectivity index is 0.930. The number of rotatable bonds is 6. The normalized spacial score (nSPS) is 11.4. The van der Waals surface area contributed by atoms with Crippen LogP contribution < -0.4 is 0 Å². The molecule has 0 aliphatic heterocycles. The summed E-state index contributed by atoms with van der Waals surface area (Å²) in [7, 11) is 0. The molecule has 0 aliphatic carbocycles. The molecule has 0 fully saturated rings. The number of pyridine rings is 4. The van der Waals surface area contributed by atoms with Crippen LogP contribution in [0.1, 0.15) is 0 Å². The Morgan fingerprint density at radius 1 is 0.293 bits per heavy atom. The highest BCUT2D eigenvalue weighted by Crippen LogP contribution is 2.35. The predicted octanol–water partition coefficient (Wildman–Crippen LogP) is 12.7. The first-order valence-corrected chi connectivity index (χ1v) is 19.3. The highest BCUT2D eigenvalue weighted by molar-refractivity contribution is 6.10. The SMILES string of the molecule is c1ccc(-c2cc(-c3ccccc3)nc(-c3ccc4ccc(-c5ccc6ccc(-c7ccc(-c8cc9cccnc9c9ncccc89)cc7)nc6c5)cc4n3)n2)cc1. The summed E-state index contributed by atoms with van der Waals surface area (Å²) in [6, 6.07) is 62.7. The van der Waals surface area contributed by atoms with Gasteiger partial charge in [0.15, 0.2) is 5.82 Å². The smallest absolute Gasteiger partial charge is 0.179 e. The third-order valence-corrected chi connectivity index (χ3v) is 10.8. The zero-order valence-corrected chi connectivity index (χ0v) is 31.2. The molecule has 270 valence electrons. The van der Waals surface area contributed by atoms with E-state index in [-0.39, 0.29) is 0 Å². The standard InChI is InChI=1S/C52H32N6/c1-3-9-34(10-4-1)48-32-49(35-11-5-2-6-12-35)58-52(57-48)45-26-24-38-20-22-40(31-47(38)56-45)39-21-19-37-23-25-44(55-46(37)30-39)36-17-15-33(16-18-36)43-29-41-13-7-27-53-50(41)51-42(43)14-8-28-54-51/h1-32H. The topological polar surface area (TPSA) is 77.3 Å². The minimum absolute atomic E-state index is 0.586. The van der Waals surface area contributed by atoms with Crippen molar-refractivity contribution in [3.8, 4) is 67.5 Å². The van der Waals surface area contributed by atoms with E-state index in [4.69, 9.17) is 24.9 Å². The van der Waals surface area contributed by atoms with E-state index in [2.05, 4.69) is 126 Å². The average molecular weight is 741 g/mol. The van der Waals surface area contributed by atoms with Crippen molar-refractivity contribution in [1.29, 1.82) is 0 Å². The van der Waals surface area contributed by atoms with Crippen molar-refractivity contribution in [2.24, 2.45) is 0 Å². The first-order valence-electron chi connectivity index (χ1n) is 19.3. The van der Waals surface area contributed by atoms with E-state index in [1.54, 1.807) is 0 Å². The zero-order valence-electron chi connectivity index (χ0n) is 31.2. The van der Waals surface area contributed by atoms with Crippen molar-refractivity contribution >= 4 is 43.6 Å². The van der Waals surface area contributed by atoms with Gasteiger partial charge in [0.25, 0.3) is 0 Å². The summed E-state index contributed by atoms with van der Waals surface area (Å²) in [6.07, 6.45) is 3.65. The molecule has 5 aromatic heterocycles. The second-order valence-corrected chi connectivity index (χ2v) is 14.4. The quantitative estimate of drug-likeness (QED) is 0.158. The molecule has 0 spiro atoms. The molecule has 0 radical (unpaired) electrons. The van der Waals surface area contributed by atoms with Gasteiger partial charge in [-0.05, 0) is 70.8 Å². The molecule has 0 amide bonds. The maximum atomic E-state index is 5.16. The maximum absolute atomic E-state index is 5.16. The molecule has 6 nitrogen and oxygen atoms in total. The van der Waals surface area contributed by atoms with E-state index in [1.807, 2.05) is 73.1 Å². The van der Waals surface area contributed by atoms with Crippen LogP contribution >= 0.6 is 0 Å². The van der Waals surface area contributed by atoms with Gasteiger partial charge in [0, 0.05) is 50.6 Å². The van der Waals surface area contributed by atoms with Crippen LogP contribution in [-0.4, -0.2) is 29.9 Å². The van der Waals surface area contributed by atoms with Gasteiger partial charge < -0.3 is 0 Å². The molecular formula is C52H32N6.